The van der Waals surface area contributed by atoms with Gasteiger partial charge in [0.15, 0.2) is 0 Å². The SMILES string of the molecule is Cc1cccc(N[C@@H]2CC(=O)N(c3cccc(Cl)c3Cl)C2=O)c1. The van der Waals surface area contributed by atoms with Crippen molar-refractivity contribution in [2.24, 2.45) is 0 Å². The summed E-state index contributed by atoms with van der Waals surface area (Å²) in [6.07, 6.45) is 0.0790. The number of carbonyl (C=O) groups excluding carboxylic acids is 2. The number of amides is 2. The van der Waals surface area contributed by atoms with Crippen LogP contribution in [0.4, 0.5) is 11.4 Å². The van der Waals surface area contributed by atoms with Gasteiger partial charge < -0.3 is 5.32 Å². The molecule has 2 aromatic rings. The summed E-state index contributed by atoms with van der Waals surface area (Å²) in [5, 5.41) is 3.61. The second-order valence-electron chi connectivity index (χ2n) is 5.41. The fourth-order valence-electron chi connectivity index (χ4n) is 2.60. The van der Waals surface area contributed by atoms with Crippen molar-refractivity contribution >= 4 is 46.4 Å². The molecule has 4 nitrogen and oxygen atoms in total. The van der Waals surface area contributed by atoms with Gasteiger partial charge in [0.1, 0.15) is 6.04 Å². The van der Waals surface area contributed by atoms with Crippen molar-refractivity contribution in [1.29, 1.82) is 0 Å². The topological polar surface area (TPSA) is 49.4 Å². The van der Waals surface area contributed by atoms with Gasteiger partial charge in [-0.25, -0.2) is 4.90 Å². The monoisotopic (exact) mass is 348 g/mol. The van der Waals surface area contributed by atoms with Gasteiger partial charge in [0.25, 0.3) is 5.91 Å². The lowest BCUT2D eigenvalue weighted by Gasteiger charge is -2.18. The molecule has 3 rings (SSSR count). The molecule has 1 N–H and O–H groups in total. The van der Waals surface area contributed by atoms with Crippen molar-refractivity contribution in [2.45, 2.75) is 19.4 Å². The van der Waals surface area contributed by atoms with Crippen LogP contribution in [0.1, 0.15) is 12.0 Å². The van der Waals surface area contributed by atoms with Crippen molar-refractivity contribution in [3.8, 4) is 0 Å². The summed E-state index contributed by atoms with van der Waals surface area (Å²) in [5.41, 5.74) is 2.19. The highest BCUT2D eigenvalue weighted by Gasteiger charge is 2.40. The number of imide groups is 1. The molecule has 118 valence electrons. The molecule has 0 radical (unpaired) electrons. The van der Waals surface area contributed by atoms with Crippen molar-refractivity contribution in [2.75, 3.05) is 10.2 Å². The lowest BCUT2D eigenvalue weighted by atomic mass is 10.2. The molecule has 1 fully saturated rings. The smallest absolute Gasteiger partial charge is 0.256 e. The number of aryl methyl sites for hydroxylation is 1. The lowest BCUT2D eigenvalue weighted by Crippen LogP contribution is -2.35. The fraction of sp³-hybridized carbons (Fsp3) is 0.176. The van der Waals surface area contributed by atoms with Gasteiger partial charge in [-0.1, -0.05) is 41.4 Å². The third-order valence-electron chi connectivity index (χ3n) is 3.68. The number of halogens is 2. The average molecular weight is 349 g/mol. The van der Waals surface area contributed by atoms with E-state index in [-0.39, 0.29) is 23.3 Å². The average Bonchev–Trinajstić information content (AvgIpc) is 2.77. The zero-order valence-electron chi connectivity index (χ0n) is 12.3. The van der Waals surface area contributed by atoms with Crippen molar-refractivity contribution in [3.63, 3.8) is 0 Å². The maximum atomic E-state index is 12.6. The van der Waals surface area contributed by atoms with Gasteiger partial charge in [0.05, 0.1) is 22.2 Å². The van der Waals surface area contributed by atoms with Gasteiger partial charge in [-0.15, -0.1) is 0 Å². The van der Waals surface area contributed by atoms with E-state index in [1.165, 1.54) is 0 Å². The highest BCUT2D eigenvalue weighted by Crippen LogP contribution is 2.35. The van der Waals surface area contributed by atoms with Crippen LogP contribution >= 0.6 is 23.2 Å². The molecule has 23 heavy (non-hydrogen) atoms. The van der Waals surface area contributed by atoms with Crippen LogP contribution in [0.2, 0.25) is 10.0 Å². The number of hydrogen-bond donors (Lipinski definition) is 1. The zero-order chi connectivity index (χ0) is 16.6. The molecule has 1 saturated heterocycles. The molecule has 0 saturated carbocycles. The number of nitrogens with zero attached hydrogens (tertiary/aromatic N) is 1. The Morgan fingerprint density at radius 2 is 1.87 bits per heavy atom. The number of hydrogen-bond acceptors (Lipinski definition) is 3. The number of rotatable bonds is 3. The van der Waals surface area contributed by atoms with E-state index in [2.05, 4.69) is 5.32 Å². The summed E-state index contributed by atoms with van der Waals surface area (Å²) in [7, 11) is 0. The van der Waals surface area contributed by atoms with Crippen LogP contribution in [0.15, 0.2) is 42.5 Å². The molecule has 1 aliphatic heterocycles. The Balaban J connectivity index is 1.87. The lowest BCUT2D eigenvalue weighted by molar-refractivity contribution is -0.121. The Labute approximate surface area is 144 Å². The normalized spacial score (nSPS) is 17.7. The second kappa shape index (κ2) is 6.22. The van der Waals surface area contributed by atoms with E-state index < -0.39 is 6.04 Å². The Bertz CT molecular complexity index is 792. The van der Waals surface area contributed by atoms with E-state index >= 15 is 0 Å². The van der Waals surface area contributed by atoms with E-state index in [4.69, 9.17) is 23.2 Å². The van der Waals surface area contributed by atoms with Crippen molar-refractivity contribution < 1.29 is 9.59 Å². The zero-order valence-corrected chi connectivity index (χ0v) is 13.9. The second-order valence-corrected chi connectivity index (χ2v) is 6.20. The molecule has 0 unspecified atom stereocenters. The molecular formula is C17H14Cl2N2O2. The molecule has 1 aliphatic rings. The molecular weight excluding hydrogens is 335 g/mol. The highest BCUT2D eigenvalue weighted by atomic mass is 35.5. The molecule has 0 aromatic heterocycles. The van der Waals surface area contributed by atoms with Crippen LogP contribution in [0.5, 0.6) is 0 Å². The fourth-order valence-corrected chi connectivity index (χ4v) is 2.98. The van der Waals surface area contributed by atoms with E-state index in [0.717, 1.165) is 16.2 Å². The first-order valence-electron chi connectivity index (χ1n) is 7.11. The number of benzene rings is 2. The number of nitrogens with one attached hydrogen (secondary N) is 1. The van der Waals surface area contributed by atoms with Gasteiger partial charge in [0, 0.05) is 5.69 Å². The first-order valence-corrected chi connectivity index (χ1v) is 7.87. The van der Waals surface area contributed by atoms with Crippen LogP contribution in [-0.4, -0.2) is 17.9 Å². The van der Waals surface area contributed by atoms with E-state index in [1.54, 1.807) is 18.2 Å². The van der Waals surface area contributed by atoms with Crippen LogP contribution in [0.3, 0.4) is 0 Å². The van der Waals surface area contributed by atoms with Gasteiger partial charge >= 0.3 is 0 Å². The molecule has 6 heteroatoms. The molecule has 1 atom stereocenters. The summed E-state index contributed by atoms with van der Waals surface area (Å²) in [5.74, 6) is -0.634. The molecule has 2 amide bonds. The third-order valence-corrected chi connectivity index (χ3v) is 4.49. The number of carbonyl (C=O) groups is 2. The van der Waals surface area contributed by atoms with Gasteiger partial charge in [-0.2, -0.15) is 0 Å². The standard InChI is InChI=1S/C17H14Cl2N2O2/c1-10-4-2-5-11(8-10)20-13-9-15(22)21(17(13)23)14-7-3-6-12(18)16(14)19/h2-8,13,20H,9H2,1H3/t13-/m1/s1. The van der Waals surface area contributed by atoms with E-state index in [1.807, 2.05) is 31.2 Å². The predicted octanol–water partition coefficient (Wildman–Crippen LogP) is 4.05. The Kier molecular flexibility index (Phi) is 4.28. The van der Waals surface area contributed by atoms with E-state index in [0.29, 0.717) is 10.7 Å². The molecule has 1 heterocycles. The van der Waals surface area contributed by atoms with Gasteiger partial charge in [0.2, 0.25) is 5.91 Å². The molecule has 2 aromatic carbocycles. The van der Waals surface area contributed by atoms with Crippen LogP contribution in [-0.2, 0) is 9.59 Å². The summed E-state index contributed by atoms with van der Waals surface area (Å²) in [6.45, 7) is 1.96. The summed E-state index contributed by atoms with van der Waals surface area (Å²) in [4.78, 5) is 26.0. The van der Waals surface area contributed by atoms with Crippen LogP contribution in [0.25, 0.3) is 0 Å². The maximum Gasteiger partial charge on any atom is 0.256 e. The van der Waals surface area contributed by atoms with Crippen molar-refractivity contribution in [1.82, 2.24) is 0 Å². The molecule has 0 bridgehead atoms. The summed E-state index contributed by atoms with van der Waals surface area (Å²) in [6, 6.07) is 11.9. The largest absolute Gasteiger partial charge is 0.373 e. The predicted molar refractivity (Wildman–Crippen MR) is 92.2 cm³/mol. The summed E-state index contributed by atoms with van der Waals surface area (Å²) < 4.78 is 0. The maximum absolute atomic E-state index is 12.6. The number of anilines is 2. The summed E-state index contributed by atoms with van der Waals surface area (Å²) >= 11 is 12.1. The highest BCUT2D eigenvalue weighted by molar-refractivity contribution is 6.45. The van der Waals surface area contributed by atoms with E-state index in [9.17, 15) is 9.59 Å². The van der Waals surface area contributed by atoms with Gasteiger partial charge in [-0.05, 0) is 36.8 Å². The third kappa shape index (κ3) is 3.05. The minimum atomic E-state index is -0.612. The minimum Gasteiger partial charge on any atom is -0.373 e. The first kappa shape index (κ1) is 15.8. The molecule has 0 spiro atoms. The van der Waals surface area contributed by atoms with Crippen LogP contribution in [0, 0.1) is 6.92 Å². The Morgan fingerprint density at radius 3 is 2.61 bits per heavy atom. The Hall–Kier alpha value is -2.04. The van der Waals surface area contributed by atoms with Gasteiger partial charge in [-0.3, -0.25) is 9.59 Å². The molecule has 0 aliphatic carbocycles. The first-order chi connectivity index (χ1) is 11.0. The quantitative estimate of drug-likeness (QED) is 0.851. The minimum absolute atomic E-state index is 0.0790. The van der Waals surface area contributed by atoms with Crippen LogP contribution < -0.4 is 10.2 Å². The van der Waals surface area contributed by atoms with Crippen molar-refractivity contribution in [3.05, 3.63) is 58.1 Å². The Morgan fingerprint density at radius 1 is 1.13 bits per heavy atom.